The summed E-state index contributed by atoms with van der Waals surface area (Å²) < 4.78 is 35.4. The number of anilines is 2. The first-order valence-electron chi connectivity index (χ1n) is 15.9. The van der Waals surface area contributed by atoms with Crippen molar-refractivity contribution in [2.45, 2.75) is 82.7 Å². The van der Waals surface area contributed by atoms with E-state index in [1.54, 1.807) is 50.1 Å². The summed E-state index contributed by atoms with van der Waals surface area (Å²) in [6.07, 6.45) is 6.19. The van der Waals surface area contributed by atoms with Gasteiger partial charge in [0, 0.05) is 30.2 Å². The molecule has 3 heterocycles. The van der Waals surface area contributed by atoms with E-state index in [0.29, 0.717) is 39.5 Å². The van der Waals surface area contributed by atoms with Gasteiger partial charge < -0.3 is 9.42 Å². The van der Waals surface area contributed by atoms with Gasteiger partial charge in [0.1, 0.15) is 11.4 Å². The molecule has 1 aliphatic carbocycles. The predicted octanol–water partition coefficient (Wildman–Crippen LogP) is 7.34. The van der Waals surface area contributed by atoms with Gasteiger partial charge in [-0.3, -0.25) is 19.5 Å². The zero-order chi connectivity index (χ0) is 33.3. The normalized spacial score (nSPS) is 15.8. The van der Waals surface area contributed by atoms with Gasteiger partial charge in [-0.15, -0.1) is 11.3 Å². The quantitative estimate of drug-likeness (QED) is 0.178. The molecule has 2 amide bonds. The van der Waals surface area contributed by atoms with Crippen molar-refractivity contribution < 1.29 is 22.5 Å². The standard InChI is InChI=1S/C35H39N5O5S2/c1-5-6-15-31-36-35(18-9-10-19-35)34(42)40(31)22-25-16-17-26(28(21-25)39(4)33(41)29-13-11-20-46-29)27-12-7-8-14-30(27)47(43,44)38-32-23(2)24(3)37-45-32/h7-8,11-14,16-17,20-21,38H,5-6,9-10,15,18-19,22H2,1-4H3. The van der Waals surface area contributed by atoms with Gasteiger partial charge in [-0.25, -0.2) is 13.1 Å². The summed E-state index contributed by atoms with van der Waals surface area (Å²) in [7, 11) is -2.44. The Labute approximate surface area is 279 Å². The number of carbonyl (C=O) groups excluding carboxylic acids is 2. The maximum absolute atomic E-state index is 13.9. The summed E-state index contributed by atoms with van der Waals surface area (Å²) in [5.74, 6) is 0.703. The molecule has 47 heavy (non-hydrogen) atoms. The lowest BCUT2D eigenvalue weighted by Gasteiger charge is -2.25. The Hall–Kier alpha value is -4.29. The number of sulfonamides is 1. The van der Waals surface area contributed by atoms with E-state index in [-0.39, 0.29) is 22.6 Å². The number of aryl methyl sites for hydroxylation is 1. The highest BCUT2D eigenvalue weighted by atomic mass is 32.2. The smallest absolute Gasteiger partial charge is 0.268 e. The van der Waals surface area contributed by atoms with Crippen LogP contribution in [0.25, 0.3) is 11.1 Å². The highest BCUT2D eigenvalue weighted by Crippen LogP contribution is 2.41. The number of hydrogen-bond acceptors (Lipinski definition) is 8. The lowest BCUT2D eigenvalue weighted by Crippen LogP contribution is -2.40. The average molecular weight is 674 g/mol. The Bertz CT molecular complexity index is 1940. The molecule has 0 radical (unpaired) electrons. The van der Waals surface area contributed by atoms with Crippen LogP contribution in [0.15, 0.2) is 74.4 Å². The third-order valence-corrected chi connectivity index (χ3v) is 11.4. The van der Waals surface area contributed by atoms with Crippen molar-refractivity contribution in [1.82, 2.24) is 10.1 Å². The highest BCUT2D eigenvalue weighted by molar-refractivity contribution is 7.92. The molecular formula is C35H39N5O5S2. The lowest BCUT2D eigenvalue weighted by molar-refractivity contribution is -0.131. The minimum atomic E-state index is -4.13. The van der Waals surface area contributed by atoms with E-state index in [2.05, 4.69) is 16.8 Å². The van der Waals surface area contributed by atoms with Gasteiger partial charge >= 0.3 is 0 Å². The molecule has 1 N–H and O–H groups in total. The van der Waals surface area contributed by atoms with Crippen LogP contribution in [0.1, 0.15) is 78.4 Å². The number of amides is 2. The van der Waals surface area contributed by atoms with E-state index in [4.69, 9.17) is 9.52 Å². The number of carbonyl (C=O) groups is 2. The summed E-state index contributed by atoms with van der Waals surface area (Å²) in [5.41, 5.74) is 2.81. The van der Waals surface area contributed by atoms with Gasteiger partial charge in [0.15, 0.2) is 0 Å². The van der Waals surface area contributed by atoms with Gasteiger partial charge in [0.25, 0.3) is 21.8 Å². The molecule has 1 spiro atoms. The fraction of sp³-hybridized carbons (Fsp3) is 0.371. The van der Waals surface area contributed by atoms with Crippen LogP contribution in [0.5, 0.6) is 0 Å². The third kappa shape index (κ3) is 6.23. The number of amidine groups is 1. The molecule has 246 valence electrons. The van der Waals surface area contributed by atoms with Crippen molar-refractivity contribution >= 4 is 50.6 Å². The van der Waals surface area contributed by atoms with Crippen LogP contribution in [-0.4, -0.2) is 48.7 Å². The third-order valence-electron chi connectivity index (χ3n) is 9.13. The van der Waals surface area contributed by atoms with Crippen molar-refractivity contribution in [1.29, 1.82) is 0 Å². The number of unbranched alkanes of at least 4 members (excludes halogenated alkanes) is 1. The topological polar surface area (TPSA) is 125 Å². The zero-order valence-electron chi connectivity index (χ0n) is 27.1. The predicted molar refractivity (Wildman–Crippen MR) is 184 cm³/mol. The van der Waals surface area contributed by atoms with E-state index in [9.17, 15) is 18.0 Å². The molecule has 2 aromatic carbocycles. The van der Waals surface area contributed by atoms with Crippen LogP contribution in [-0.2, 0) is 21.4 Å². The molecule has 1 saturated carbocycles. The molecule has 0 saturated heterocycles. The van der Waals surface area contributed by atoms with Crippen molar-refractivity contribution in [2.75, 3.05) is 16.7 Å². The summed E-state index contributed by atoms with van der Waals surface area (Å²) in [4.78, 5) is 36.5. The second kappa shape index (κ2) is 13.1. The molecule has 4 aromatic rings. The summed E-state index contributed by atoms with van der Waals surface area (Å²) in [6.45, 7) is 5.90. The number of rotatable bonds is 11. The van der Waals surface area contributed by atoms with Crippen LogP contribution < -0.4 is 9.62 Å². The maximum Gasteiger partial charge on any atom is 0.268 e. The monoisotopic (exact) mass is 673 g/mol. The Morgan fingerprint density at radius 1 is 1.09 bits per heavy atom. The van der Waals surface area contributed by atoms with Gasteiger partial charge in [-0.1, -0.05) is 67.7 Å². The fourth-order valence-electron chi connectivity index (χ4n) is 6.35. The molecule has 0 bridgehead atoms. The Morgan fingerprint density at radius 3 is 2.53 bits per heavy atom. The van der Waals surface area contributed by atoms with Crippen molar-refractivity contribution in [2.24, 2.45) is 4.99 Å². The van der Waals surface area contributed by atoms with E-state index < -0.39 is 15.6 Å². The highest BCUT2D eigenvalue weighted by Gasteiger charge is 2.49. The van der Waals surface area contributed by atoms with Gasteiger partial charge in [0.2, 0.25) is 5.88 Å². The van der Waals surface area contributed by atoms with Crippen LogP contribution in [0.2, 0.25) is 0 Å². The second-order valence-electron chi connectivity index (χ2n) is 12.3. The summed E-state index contributed by atoms with van der Waals surface area (Å²) in [6, 6.07) is 15.8. The molecule has 2 aliphatic rings. The average Bonchev–Trinajstić information content (AvgIpc) is 3.88. The number of aromatic nitrogens is 1. The van der Waals surface area contributed by atoms with Crippen molar-refractivity contribution in [3.05, 3.63) is 81.7 Å². The number of thiophene rings is 1. The fourth-order valence-corrected chi connectivity index (χ4v) is 8.32. The van der Waals surface area contributed by atoms with Crippen LogP contribution in [0.4, 0.5) is 11.6 Å². The molecule has 2 aromatic heterocycles. The van der Waals surface area contributed by atoms with E-state index in [0.717, 1.165) is 56.3 Å². The first-order chi connectivity index (χ1) is 22.5. The summed E-state index contributed by atoms with van der Waals surface area (Å²) in [5, 5.41) is 5.72. The zero-order valence-corrected chi connectivity index (χ0v) is 28.7. The van der Waals surface area contributed by atoms with Crippen LogP contribution in [0, 0.1) is 13.8 Å². The van der Waals surface area contributed by atoms with Crippen molar-refractivity contribution in [3.8, 4) is 11.1 Å². The molecular weight excluding hydrogens is 635 g/mol. The number of benzene rings is 2. The summed E-state index contributed by atoms with van der Waals surface area (Å²) >= 11 is 1.33. The number of nitrogens with one attached hydrogen (secondary N) is 1. The van der Waals surface area contributed by atoms with Gasteiger partial charge in [-0.2, -0.15) is 0 Å². The number of hydrogen-bond donors (Lipinski definition) is 1. The van der Waals surface area contributed by atoms with E-state index in [1.807, 2.05) is 34.5 Å². The number of aliphatic imine (C=N–C) groups is 1. The van der Waals surface area contributed by atoms with Crippen LogP contribution >= 0.6 is 11.3 Å². The molecule has 6 rings (SSSR count). The largest absolute Gasteiger partial charge is 0.337 e. The molecule has 12 heteroatoms. The Kier molecular flexibility index (Phi) is 9.08. The molecule has 0 atom stereocenters. The molecule has 10 nitrogen and oxygen atoms in total. The number of nitrogens with zero attached hydrogens (tertiary/aromatic N) is 4. The lowest BCUT2D eigenvalue weighted by atomic mass is 9.97. The maximum atomic E-state index is 13.9. The Morgan fingerprint density at radius 2 is 1.85 bits per heavy atom. The SMILES string of the molecule is CCCCC1=NC2(CCCC2)C(=O)N1Cc1ccc(-c2ccccc2S(=O)(=O)Nc2onc(C)c2C)c(N(C)C(=O)c2cccs2)c1. The van der Waals surface area contributed by atoms with Gasteiger partial charge in [-0.05, 0) is 62.3 Å². The van der Waals surface area contributed by atoms with Crippen molar-refractivity contribution in [3.63, 3.8) is 0 Å². The molecule has 0 unspecified atom stereocenters. The first kappa shape index (κ1) is 32.6. The van der Waals surface area contributed by atoms with E-state index >= 15 is 0 Å². The first-order valence-corrected chi connectivity index (χ1v) is 18.3. The van der Waals surface area contributed by atoms with Crippen LogP contribution in [0.3, 0.4) is 0 Å². The van der Waals surface area contributed by atoms with Gasteiger partial charge in [0.05, 0.1) is 27.7 Å². The Balaban J connectivity index is 1.42. The van der Waals surface area contributed by atoms with E-state index in [1.165, 1.54) is 17.4 Å². The minimum absolute atomic E-state index is 0.0197. The second-order valence-corrected chi connectivity index (χ2v) is 14.9. The molecule has 1 aliphatic heterocycles. The molecule has 1 fully saturated rings. The minimum Gasteiger partial charge on any atom is -0.337 e.